The van der Waals surface area contributed by atoms with Gasteiger partial charge in [-0.25, -0.2) is 0 Å². The molecule has 2 aliphatic carbocycles. The third kappa shape index (κ3) is 2.32. The molecule has 0 aliphatic heterocycles. The van der Waals surface area contributed by atoms with Gasteiger partial charge in [0.2, 0.25) is 0 Å². The summed E-state index contributed by atoms with van der Waals surface area (Å²) >= 11 is 0. The second-order valence-electron chi connectivity index (χ2n) is 6.28. The number of nitrogens with one attached hydrogen (secondary N) is 1. The molecule has 0 spiro atoms. The lowest BCUT2D eigenvalue weighted by Crippen LogP contribution is -2.08. The lowest BCUT2D eigenvalue weighted by atomic mass is 10.0. The van der Waals surface area contributed by atoms with E-state index in [1.807, 2.05) is 0 Å². The van der Waals surface area contributed by atoms with Gasteiger partial charge < -0.3 is 10.1 Å². The number of methoxy groups -OCH3 is 1. The molecule has 2 aliphatic rings. The van der Waals surface area contributed by atoms with E-state index in [4.69, 9.17) is 4.74 Å². The van der Waals surface area contributed by atoms with Crippen molar-refractivity contribution < 1.29 is 9.66 Å². The van der Waals surface area contributed by atoms with Crippen molar-refractivity contribution in [2.24, 2.45) is 11.8 Å². The average molecular weight is 310 g/mol. The summed E-state index contributed by atoms with van der Waals surface area (Å²) in [7, 11) is 1.45. The van der Waals surface area contributed by atoms with Gasteiger partial charge in [0.25, 0.3) is 0 Å². The highest BCUT2D eigenvalue weighted by atomic mass is 16.6. The molecular weight excluding hydrogens is 292 g/mol. The third-order valence-electron chi connectivity index (χ3n) is 5.12. The number of anilines is 1. The van der Waals surface area contributed by atoms with E-state index in [2.05, 4.69) is 29.6 Å². The van der Waals surface area contributed by atoms with Crippen LogP contribution in [-0.2, 0) is 6.42 Å². The van der Waals surface area contributed by atoms with Gasteiger partial charge in [-0.05, 0) is 41.4 Å². The molecule has 3 unspecified atom stereocenters. The summed E-state index contributed by atoms with van der Waals surface area (Å²) in [6.07, 6.45) is 1.18. The van der Waals surface area contributed by atoms with Crippen LogP contribution in [0.3, 0.4) is 0 Å². The Morgan fingerprint density at radius 1 is 1.30 bits per heavy atom. The van der Waals surface area contributed by atoms with Gasteiger partial charge in [0.1, 0.15) is 0 Å². The van der Waals surface area contributed by atoms with Gasteiger partial charge in [0.05, 0.1) is 12.0 Å². The third-order valence-corrected chi connectivity index (χ3v) is 5.12. The predicted molar refractivity (Wildman–Crippen MR) is 88.0 cm³/mol. The van der Waals surface area contributed by atoms with Gasteiger partial charge in [-0.3, -0.25) is 10.1 Å². The Bertz CT molecular complexity index is 775. The van der Waals surface area contributed by atoms with Crippen LogP contribution in [0.5, 0.6) is 5.75 Å². The van der Waals surface area contributed by atoms with Crippen LogP contribution in [0, 0.1) is 22.0 Å². The fraction of sp³-hybridized carbons (Fsp3) is 0.333. The Labute approximate surface area is 134 Å². The highest BCUT2D eigenvalue weighted by Gasteiger charge is 2.54. The molecule has 0 aromatic heterocycles. The van der Waals surface area contributed by atoms with Crippen molar-refractivity contribution in [1.29, 1.82) is 0 Å². The van der Waals surface area contributed by atoms with Crippen molar-refractivity contribution in [3.63, 3.8) is 0 Å². The number of nitrogens with zero attached hydrogens (tertiary/aromatic N) is 1. The Balaban J connectivity index is 1.43. The molecule has 1 saturated carbocycles. The summed E-state index contributed by atoms with van der Waals surface area (Å²) < 4.78 is 5.11. The van der Waals surface area contributed by atoms with Crippen molar-refractivity contribution in [2.75, 3.05) is 19.0 Å². The topological polar surface area (TPSA) is 64.4 Å². The Hall–Kier alpha value is -2.56. The second-order valence-corrected chi connectivity index (χ2v) is 6.28. The minimum absolute atomic E-state index is 0.00438. The second kappa shape index (κ2) is 5.26. The fourth-order valence-electron chi connectivity index (χ4n) is 3.94. The number of rotatable bonds is 5. The maximum absolute atomic E-state index is 10.9. The van der Waals surface area contributed by atoms with Crippen LogP contribution in [0.2, 0.25) is 0 Å². The largest absolute Gasteiger partial charge is 0.490 e. The van der Waals surface area contributed by atoms with Gasteiger partial charge in [-0.1, -0.05) is 24.3 Å². The highest BCUT2D eigenvalue weighted by molar-refractivity contribution is 5.58. The van der Waals surface area contributed by atoms with E-state index >= 15 is 0 Å². The lowest BCUT2D eigenvalue weighted by molar-refractivity contribution is -0.385. The van der Waals surface area contributed by atoms with Crippen LogP contribution < -0.4 is 10.1 Å². The number of nitro benzene ring substituents is 1. The van der Waals surface area contributed by atoms with Gasteiger partial charge in [-0.2, -0.15) is 0 Å². The molecular formula is C18H18N2O3. The first-order chi connectivity index (χ1) is 11.2. The summed E-state index contributed by atoms with van der Waals surface area (Å²) in [5.41, 5.74) is 3.86. The van der Waals surface area contributed by atoms with E-state index < -0.39 is 4.92 Å². The molecule has 5 heteroatoms. The quantitative estimate of drug-likeness (QED) is 0.677. The van der Waals surface area contributed by atoms with Gasteiger partial charge >= 0.3 is 5.69 Å². The van der Waals surface area contributed by atoms with E-state index in [1.54, 1.807) is 12.1 Å². The summed E-state index contributed by atoms with van der Waals surface area (Å²) in [6.45, 7) is 0.893. The fourth-order valence-corrected chi connectivity index (χ4v) is 3.94. The van der Waals surface area contributed by atoms with Crippen molar-refractivity contribution in [3.05, 3.63) is 63.7 Å². The number of hydrogen-bond donors (Lipinski definition) is 1. The molecule has 0 heterocycles. The molecule has 2 aromatic carbocycles. The van der Waals surface area contributed by atoms with Crippen molar-refractivity contribution in [2.45, 2.75) is 12.3 Å². The Morgan fingerprint density at radius 3 is 2.91 bits per heavy atom. The number of benzene rings is 2. The van der Waals surface area contributed by atoms with E-state index in [0.29, 0.717) is 17.6 Å². The number of nitro groups is 1. The molecule has 5 nitrogen and oxygen atoms in total. The standard InChI is InChI=1S/C18H18N2O3/c1-23-17-9-12(6-7-16(17)20(21)22)19-10-15-14-8-11-4-2-3-5-13(11)18(14)15/h2-7,9,14-15,18-19H,8,10H2,1H3. The van der Waals surface area contributed by atoms with E-state index in [1.165, 1.54) is 30.7 Å². The molecule has 4 rings (SSSR count). The summed E-state index contributed by atoms with van der Waals surface area (Å²) in [5.74, 6) is 2.38. The summed E-state index contributed by atoms with van der Waals surface area (Å²) in [4.78, 5) is 10.5. The van der Waals surface area contributed by atoms with Gasteiger partial charge in [-0.15, -0.1) is 0 Å². The zero-order valence-corrected chi connectivity index (χ0v) is 12.9. The molecule has 1 fully saturated rings. The van der Waals surface area contributed by atoms with Crippen LogP contribution in [0.1, 0.15) is 17.0 Å². The van der Waals surface area contributed by atoms with Gasteiger partial charge in [0, 0.05) is 24.4 Å². The summed E-state index contributed by atoms with van der Waals surface area (Å²) in [5, 5.41) is 14.3. The Morgan fingerprint density at radius 2 is 2.13 bits per heavy atom. The first kappa shape index (κ1) is 14.1. The number of ether oxygens (including phenoxy) is 1. The maximum Gasteiger partial charge on any atom is 0.311 e. The SMILES string of the molecule is COc1cc(NCC2C3Cc4ccccc4C23)ccc1[N+](=O)[O-]. The normalized spacial score (nSPS) is 23.8. The lowest BCUT2D eigenvalue weighted by Gasteiger charge is -2.11. The van der Waals surface area contributed by atoms with E-state index in [9.17, 15) is 10.1 Å². The first-order valence-electron chi connectivity index (χ1n) is 7.83. The average Bonchev–Trinajstić information content (AvgIpc) is 3.10. The molecule has 1 N–H and O–H groups in total. The molecule has 3 atom stereocenters. The van der Waals surface area contributed by atoms with E-state index in [0.717, 1.165) is 18.2 Å². The number of hydrogen-bond acceptors (Lipinski definition) is 4. The molecule has 23 heavy (non-hydrogen) atoms. The van der Waals surface area contributed by atoms with Crippen LogP contribution in [0.15, 0.2) is 42.5 Å². The predicted octanol–water partition coefficient (Wildman–Crippen LogP) is 3.60. The van der Waals surface area contributed by atoms with Crippen molar-refractivity contribution in [3.8, 4) is 5.75 Å². The van der Waals surface area contributed by atoms with Crippen LogP contribution in [-0.4, -0.2) is 18.6 Å². The molecule has 2 aromatic rings. The molecule has 0 radical (unpaired) electrons. The Kier molecular flexibility index (Phi) is 3.22. The van der Waals surface area contributed by atoms with Crippen LogP contribution >= 0.6 is 0 Å². The van der Waals surface area contributed by atoms with Crippen LogP contribution in [0.4, 0.5) is 11.4 Å². The number of fused-ring (bicyclic) bond motifs is 3. The van der Waals surface area contributed by atoms with Crippen molar-refractivity contribution >= 4 is 11.4 Å². The minimum Gasteiger partial charge on any atom is -0.490 e. The summed E-state index contributed by atoms with van der Waals surface area (Å²) in [6, 6.07) is 13.6. The zero-order valence-electron chi connectivity index (χ0n) is 12.9. The highest BCUT2D eigenvalue weighted by Crippen LogP contribution is 2.61. The zero-order chi connectivity index (χ0) is 16.0. The van der Waals surface area contributed by atoms with Crippen molar-refractivity contribution in [1.82, 2.24) is 0 Å². The minimum atomic E-state index is -0.426. The maximum atomic E-state index is 10.9. The molecule has 0 amide bonds. The van der Waals surface area contributed by atoms with E-state index in [-0.39, 0.29) is 5.69 Å². The van der Waals surface area contributed by atoms with Crippen LogP contribution in [0.25, 0.3) is 0 Å². The molecule has 118 valence electrons. The first-order valence-corrected chi connectivity index (χ1v) is 7.83. The smallest absolute Gasteiger partial charge is 0.311 e. The monoisotopic (exact) mass is 310 g/mol. The molecule has 0 saturated heterocycles. The molecule has 0 bridgehead atoms. The van der Waals surface area contributed by atoms with Gasteiger partial charge in [0.15, 0.2) is 5.75 Å².